The molecule has 0 aliphatic heterocycles. The van der Waals surface area contributed by atoms with E-state index in [-0.39, 0.29) is 12.0 Å². The lowest BCUT2D eigenvalue weighted by Crippen LogP contribution is -2.35. The van der Waals surface area contributed by atoms with Crippen molar-refractivity contribution in [3.05, 3.63) is 88.9 Å². The highest BCUT2D eigenvalue weighted by atomic mass is 35.5. The van der Waals surface area contributed by atoms with Crippen LogP contribution < -0.4 is 10.1 Å². The number of nitrogens with zero attached hydrogens (tertiary/aromatic N) is 1. The molecule has 152 valence electrons. The van der Waals surface area contributed by atoms with Gasteiger partial charge in [-0.05, 0) is 48.7 Å². The third-order valence-corrected chi connectivity index (χ3v) is 4.81. The van der Waals surface area contributed by atoms with E-state index in [1.165, 1.54) is 0 Å². The van der Waals surface area contributed by atoms with Crippen molar-refractivity contribution >= 4 is 17.5 Å². The zero-order valence-electron chi connectivity index (χ0n) is 16.9. The lowest BCUT2D eigenvalue weighted by molar-refractivity contribution is 0.0945. The van der Waals surface area contributed by atoms with Crippen LogP contribution in [0.3, 0.4) is 0 Å². The minimum Gasteiger partial charge on any atom is -0.489 e. The van der Waals surface area contributed by atoms with E-state index >= 15 is 0 Å². The summed E-state index contributed by atoms with van der Waals surface area (Å²) >= 11 is 6.21. The van der Waals surface area contributed by atoms with Gasteiger partial charge in [0, 0.05) is 12.0 Å². The Balaban J connectivity index is 1.65. The number of halogens is 1. The number of carbonyl (C=O) groups excluding carboxylic acids is 1. The van der Waals surface area contributed by atoms with E-state index < -0.39 is 6.04 Å². The highest BCUT2D eigenvalue weighted by molar-refractivity contribution is 6.32. The van der Waals surface area contributed by atoms with Gasteiger partial charge in [-0.15, -0.1) is 0 Å². The van der Waals surface area contributed by atoms with Gasteiger partial charge in [0.2, 0.25) is 0 Å². The average Bonchev–Trinajstić information content (AvgIpc) is 2.75. The smallest absolute Gasteiger partial charge is 0.252 e. The fraction of sp³-hybridized carbons (Fsp3) is 0.200. The van der Waals surface area contributed by atoms with Crippen molar-refractivity contribution in [2.75, 3.05) is 0 Å². The van der Waals surface area contributed by atoms with Crippen LogP contribution in [0, 0.1) is 11.3 Å². The number of nitriles is 1. The molecule has 0 saturated carbocycles. The van der Waals surface area contributed by atoms with Crippen LogP contribution in [-0.2, 0) is 6.42 Å². The van der Waals surface area contributed by atoms with Crippen molar-refractivity contribution in [2.24, 2.45) is 0 Å². The fourth-order valence-electron chi connectivity index (χ4n) is 3.06. The molecular weight excluding hydrogens is 396 g/mol. The fourth-order valence-corrected chi connectivity index (χ4v) is 3.29. The molecule has 0 aliphatic carbocycles. The number of hydrogen-bond donors (Lipinski definition) is 1. The van der Waals surface area contributed by atoms with Crippen LogP contribution in [0.2, 0.25) is 5.02 Å². The molecule has 0 aromatic heterocycles. The van der Waals surface area contributed by atoms with Crippen LogP contribution in [0.4, 0.5) is 0 Å². The first-order valence-corrected chi connectivity index (χ1v) is 10.1. The second-order valence-electron chi connectivity index (χ2n) is 7.23. The van der Waals surface area contributed by atoms with E-state index in [0.717, 1.165) is 16.7 Å². The van der Waals surface area contributed by atoms with Crippen molar-refractivity contribution in [3.63, 3.8) is 0 Å². The molecule has 1 atom stereocenters. The topological polar surface area (TPSA) is 62.1 Å². The Kier molecular flexibility index (Phi) is 7.11. The van der Waals surface area contributed by atoms with E-state index in [2.05, 4.69) is 23.5 Å². The normalized spacial score (nSPS) is 11.6. The van der Waals surface area contributed by atoms with Crippen LogP contribution >= 0.6 is 11.6 Å². The summed E-state index contributed by atoms with van der Waals surface area (Å²) in [5, 5.41) is 12.6. The van der Waals surface area contributed by atoms with Crippen molar-refractivity contribution in [1.82, 2.24) is 5.32 Å². The molecule has 0 aliphatic rings. The Bertz CT molecular complexity index is 1040. The van der Waals surface area contributed by atoms with Crippen molar-refractivity contribution in [2.45, 2.75) is 32.4 Å². The molecule has 0 saturated heterocycles. The Morgan fingerprint density at radius 3 is 2.30 bits per heavy atom. The molecule has 1 N–H and O–H groups in total. The maximum absolute atomic E-state index is 12.6. The summed E-state index contributed by atoms with van der Waals surface area (Å²) in [7, 11) is 0. The maximum Gasteiger partial charge on any atom is 0.252 e. The van der Waals surface area contributed by atoms with Gasteiger partial charge in [-0.3, -0.25) is 4.79 Å². The van der Waals surface area contributed by atoms with Crippen LogP contribution in [0.5, 0.6) is 5.75 Å². The van der Waals surface area contributed by atoms with Gasteiger partial charge in [0.05, 0.1) is 17.2 Å². The summed E-state index contributed by atoms with van der Waals surface area (Å²) in [5.74, 6) is 0.180. The second-order valence-corrected chi connectivity index (χ2v) is 7.64. The van der Waals surface area contributed by atoms with Crippen LogP contribution in [0.25, 0.3) is 11.1 Å². The first-order chi connectivity index (χ1) is 14.5. The van der Waals surface area contributed by atoms with Crippen molar-refractivity contribution in [1.29, 1.82) is 5.26 Å². The van der Waals surface area contributed by atoms with Gasteiger partial charge in [-0.2, -0.15) is 5.26 Å². The van der Waals surface area contributed by atoms with E-state index in [1.807, 2.05) is 56.3 Å². The van der Waals surface area contributed by atoms with Gasteiger partial charge in [0.15, 0.2) is 0 Å². The van der Waals surface area contributed by atoms with Gasteiger partial charge >= 0.3 is 0 Å². The molecule has 5 heteroatoms. The highest BCUT2D eigenvalue weighted by Crippen LogP contribution is 2.26. The minimum atomic E-state index is -0.648. The molecule has 0 fully saturated rings. The predicted molar refractivity (Wildman–Crippen MR) is 120 cm³/mol. The Labute approximate surface area is 182 Å². The van der Waals surface area contributed by atoms with E-state index in [9.17, 15) is 10.1 Å². The molecule has 1 unspecified atom stereocenters. The monoisotopic (exact) mass is 418 g/mol. The zero-order chi connectivity index (χ0) is 21.5. The molecule has 0 heterocycles. The van der Waals surface area contributed by atoms with Crippen LogP contribution in [-0.4, -0.2) is 18.1 Å². The van der Waals surface area contributed by atoms with Gasteiger partial charge in [-0.1, -0.05) is 66.2 Å². The lowest BCUT2D eigenvalue weighted by atomic mass is 10.0. The number of amides is 1. The molecule has 3 aromatic rings. The standard InChI is InChI=1S/C25H23ClN2O2/c1-17(2)30-24-13-12-21(15-23(24)26)25(29)28-22(16-27)14-18-8-10-20(11-9-18)19-6-4-3-5-7-19/h3-13,15,17,22H,14H2,1-2H3,(H,28,29). The Morgan fingerprint density at radius 2 is 1.70 bits per heavy atom. The van der Waals surface area contributed by atoms with Gasteiger partial charge in [-0.25, -0.2) is 0 Å². The summed E-state index contributed by atoms with van der Waals surface area (Å²) in [4.78, 5) is 12.6. The third-order valence-electron chi connectivity index (χ3n) is 4.52. The Hall–Kier alpha value is -3.29. The number of ether oxygens (including phenoxy) is 1. The van der Waals surface area contributed by atoms with E-state index in [4.69, 9.17) is 16.3 Å². The molecule has 3 aromatic carbocycles. The molecular formula is C25H23ClN2O2. The summed E-state index contributed by atoms with van der Waals surface area (Å²) < 4.78 is 5.59. The first kappa shape index (κ1) is 21.4. The van der Waals surface area contributed by atoms with Gasteiger partial charge < -0.3 is 10.1 Å². The average molecular weight is 419 g/mol. The number of rotatable bonds is 7. The second kappa shape index (κ2) is 9.96. The minimum absolute atomic E-state index is 0.0153. The molecule has 3 rings (SSSR count). The van der Waals surface area contributed by atoms with Crippen molar-refractivity contribution in [3.8, 4) is 22.9 Å². The van der Waals surface area contributed by atoms with Gasteiger partial charge in [0.1, 0.15) is 11.8 Å². The maximum atomic E-state index is 12.6. The third kappa shape index (κ3) is 5.62. The number of hydrogen-bond acceptors (Lipinski definition) is 3. The van der Waals surface area contributed by atoms with Crippen LogP contribution in [0.1, 0.15) is 29.8 Å². The molecule has 4 nitrogen and oxygen atoms in total. The summed E-state index contributed by atoms with van der Waals surface area (Å²) in [6.45, 7) is 3.81. The van der Waals surface area contributed by atoms with E-state index in [1.54, 1.807) is 18.2 Å². The van der Waals surface area contributed by atoms with Gasteiger partial charge in [0.25, 0.3) is 5.91 Å². The molecule has 0 bridgehead atoms. The predicted octanol–water partition coefficient (Wildman–Crippen LogP) is 5.66. The summed E-state index contributed by atoms with van der Waals surface area (Å²) in [6.07, 6.45) is 0.401. The summed E-state index contributed by atoms with van der Waals surface area (Å²) in [6, 6.07) is 24.5. The molecule has 0 radical (unpaired) electrons. The highest BCUT2D eigenvalue weighted by Gasteiger charge is 2.16. The Morgan fingerprint density at radius 1 is 1.03 bits per heavy atom. The molecule has 30 heavy (non-hydrogen) atoms. The summed E-state index contributed by atoms with van der Waals surface area (Å²) in [5.41, 5.74) is 3.60. The quantitative estimate of drug-likeness (QED) is 0.538. The lowest BCUT2D eigenvalue weighted by Gasteiger charge is -2.14. The number of carbonyl (C=O) groups is 1. The number of benzene rings is 3. The number of nitrogens with one attached hydrogen (secondary N) is 1. The van der Waals surface area contributed by atoms with E-state index in [0.29, 0.717) is 22.8 Å². The van der Waals surface area contributed by atoms with Crippen molar-refractivity contribution < 1.29 is 9.53 Å². The molecule has 1 amide bonds. The zero-order valence-corrected chi connectivity index (χ0v) is 17.7. The SMILES string of the molecule is CC(C)Oc1ccc(C(=O)NC(C#N)Cc2ccc(-c3ccccc3)cc2)cc1Cl. The largest absolute Gasteiger partial charge is 0.489 e. The first-order valence-electron chi connectivity index (χ1n) is 9.77. The molecule has 0 spiro atoms. The van der Waals surface area contributed by atoms with Crippen LogP contribution in [0.15, 0.2) is 72.8 Å².